The summed E-state index contributed by atoms with van der Waals surface area (Å²) in [5.41, 5.74) is 3.29. The van der Waals surface area contributed by atoms with Crippen LogP contribution in [0.1, 0.15) is 19.4 Å². The van der Waals surface area contributed by atoms with Crippen molar-refractivity contribution in [3.05, 3.63) is 29.8 Å². The van der Waals surface area contributed by atoms with Gasteiger partial charge in [0.2, 0.25) is 0 Å². The lowest BCUT2D eigenvalue weighted by Crippen LogP contribution is -2.44. The fraction of sp³-hybridized carbons (Fsp3) is 0.500. The first-order valence-corrected chi connectivity index (χ1v) is 6.33. The lowest BCUT2D eigenvalue weighted by molar-refractivity contribution is -0.129. The second-order valence-electron chi connectivity index (χ2n) is 4.68. The van der Waals surface area contributed by atoms with Gasteiger partial charge in [0.1, 0.15) is 5.75 Å². The van der Waals surface area contributed by atoms with E-state index < -0.39 is 6.10 Å². The number of nitrogens with two attached hydrogens (primary N) is 1. The van der Waals surface area contributed by atoms with Crippen LogP contribution < -0.4 is 16.0 Å². The maximum atomic E-state index is 11.6. The van der Waals surface area contributed by atoms with Crippen LogP contribution in [0.5, 0.6) is 5.75 Å². The predicted molar refractivity (Wildman–Crippen MR) is 73.6 cm³/mol. The predicted octanol–water partition coefficient (Wildman–Crippen LogP) is 1.27. The molecule has 0 spiro atoms. The third-order valence-electron chi connectivity index (χ3n) is 2.79. The van der Waals surface area contributed by atoms with E-state index in [-0.39, 0.29) is 11.8 Å². The summed E-state index contributed by atoms with van der Waals surface area (Å²) < 4.78 is 10.7. The van der Waals surface area contributed by atoms with Gasteiger partial charge in [-0.05, 0) is 30.0 Å². The highest BCUT2D eigenvalue weighted by molar-refractivity contribution is 5.80. The van der Waals surface area contributed by atoms with Gasteiger partial charge in [-0.15, -0.1) is 0 Å². The highest BCUT2D eigenvalue weighted by Crippen LogP contribution is 2.17. The Kier molecular flexibility index (Phi) is 6.32. The Morgan fingerprint density at radius 2 is 1.95 bits per heavy atom. The van der Waals surface area contributed by atoms with Crippen molar-refractivity contribution in [2.75, 3.05) is 13.7 Å². The van der Waals surface area contributed by atoms with Crippen molar-refractivity contribution in [3.63, 3.8) is 0 Å². The van der Waals surface area contributed by atoms with Crippen molar-refractivity contribution >= 4 is 5.91 Å². The molecule has 0 bridgehead atoms. The molecule has 19 heavy (non-hydrogen) atoms. The number of hydrogen-bond donors (Lipinski definition) is 2. The number of hydrogen-bond acceptors (Lipinski definition) is 4. The van der Waals surface area contributed by atoms with Gasteiger partial charge in [-0.1, -0.05) is 26.0 Å². The molecule has 0 fully saturated rings. The summed E-state index contributed by atoms with van der Waals surface area (Å²) in [5.74, 6) is 5.52. The van der Waals surface area contributed by atoms with E-state index in [9.17, 15) is 4.79 Å². The van der Waals surface area contributed by atoms with Crippen LogP contribution in [0.3, 0.4) is 0 Å². The van der Waals surface area contributed by atoms with Crippen molar-refractivity contribution in [2.45, 2.75) is 26.4 Å². The van der Waals surface area contributed by atoms with Crippen LogP contribution in [0.25, 0.3) is 0 Å². The zero-order valence-electron chi connectivity index (χ0n) is 11.7. The van der Waals surface area contributed by atoms with Gasteiger partial charge in [-0.3, -0.25) is 10.2 Å². The third kappa shape index (κ3) is 4.89. The Labute approximate surface area is 114 Å². The average Bonchev–Trinajstić information content (AvgIpc) is 2.42. The van der Waals surface area contributed by atoms with Crippen molar-refractivity contribution in [1.29, 1.82) is 0 Å². The van der Waals surface area contributed by atoms with E-state index in [0.29, 0.717) is 12.4 Å². The molecule has 1 aromatic carbocycles. The van der Waals surface area contributed by atoms with Gasteiger partial charge in [0, 0.05) is 7.11 Å². The number of rotatable bonds is 7. The lowest BCUT2D eigenvalue weighted by Gasteiger charge is -2.20. The molecule has 3 N–H and O–H groups in total. The minimum Gasteiger partial charge on any atom is -0.480 e. The summed E-state index contributed by atoms with van der Waals surface area (Å²) in [6.45, 7) is 4.50. The monoisotopic (exact) mass is 266 g/mol. The summed E-state index contributed by atoms with van der Waals surface area (Å²) in [4.78, 5) is 11.6. The number of amides is 1. The van der Waals surface area contributed by atoms with E-state index >= 15 is 0 Å². The Balaban J connectivity index is 2.67. The Morgan fingerprint density at radius 3 is 2.42 bits per heavy atom. The van der Waals surface area contributed by atoms with Gasteiger partial charge in [0.15, 0.2) is 6.10 Å². The molecule has 106 valence electrons. The molecule has 1 amide bonds. The molecule has 1 rings (SSSR count). The summed E-state index contributed by atoms with van der Waals surface area (Å²) in [6.07, 6.45) is 0.267. The van der Waals surface area contributed by atoms with E-state index in [0.717, 1.165) is 6.42 Å². The summed E-state index contributed by atoms with van der Waals surface area (Å²) in [7, 11) is 1.68. The first-order chi connectivity index (χ1) is 9.08. The summed E-state index contributed by atoms with van der Waals surface area (Å²) >= 11 is 0. The summed E-state index contributed by atoms with van der Waals surface area (Å²) in [5, 5.41) is 0. The number of methoxy groups -OCH3 is 1. The molecule has 0 saturated heterocycles. The first-order valence-electron chi connectivity index (χ1n) is 6.33. The molecule has 1 aromatic rings. The van der Waals surface area contributed by atoms with Crippen LogP contribution in [0, 0.1) is 5.92 Å². The Morgan fingerprint density at radius 1 is 1.32 bits per heavy atom. The number of benzene rings is 1. The zero-order valence-corrected chi connectivity index (χ0v) is 11.7. The van der Waals surface area contributed by atoms with Crippen LogP contribution in [0.2, 0.25) is 0 Å². The van der Waals surface area contributed by atoms with Crippen molar-refractivity contribution < 1.29 is 14.3 Å². The van der Waals surface area contributed by atoms with Gasteiger partial charge in [0.05, 0.1) is 6.61 Å². The molecule has 1 atom stereocenters. The van der Waals surface area contributed by atoms with Gasteiger partial charge in [-0.25, -0.2) is 5.84 Å². The molecule has 0 aliphatic carbocycles. The standard InChI is InChI=1S/C14H22N2O3/c1-10(2)13(14(17)16-15)19-12-6-4-11(5-7-12)8-9-18-3/h4-7,10,13H,8-9,15H2,1-3H3,(H,16,17). The molecule has 5 nitrogen and oxygen atoms in total. The van der Waals surface area contributed by atoms with Crippen LogP contribution in [-0.4, -0.2) is 25.7 Å². The maximum Gasteiger partial charge on any atom is 0.275 e. The van der Waals surface area contributed by atoms with Crippen LogP contribution >= 0.6 is 0 Å². The largest absolute Gasteiger partial charge is 0.480 e. The Hall–Kier alpha value is -1.59. The lowest BCUT2D eigenvalue weighted by atomic mass is 10.1. The van der Waals surface area contributed by atoms with Crippen molar-refractivity contribution in [2.24, 2.45) is 11.8 Å². The molecule has 0 radical (unpaired) electrons. The molecule has 0 aliphatic heterocycles. The van der Waals surface area contributed by atoms with E-state index in [1.165, 1.54) is 5.56 Å². The fourth-order valence-electron chi connectivity index (χ4n) is 1.68. The quantitative estimate of drug-likeness (QED) is 0.443. The normalized spacial score (nSPS) is 12.3. The minimum atomic E-state index is -0.588. The van der Waals surface area contributed by atoms with Crippen LogP contribution in [0.15, 0.2) is 24.3 Å². The van der Waals surface area contributed by atoms with E-state index in [4.69, 9.17) is 15.3 Å². The molecule has 0 aromatic heterocycles. The topological polar surface area (TPSA) is 73.6 Å². The van der Waals surface area contributed by atoms with Crippen molar-refractivity contribution in [1.82, 2.24) is 5.43 Å². The van der Waals surface area contributed by atoms with Gasteiger partial charge < -0.3 is 9.47 Å². The maximum absolute atomic E-state index is 11.6. The SMILES string of the molecule is COCCc1ccc(OC(C(=O)NN)C(C)C)cc1. The average molecular weight is 266 g/mol. The van der Waals surface area contributed by atoms with E-state index in [1.54, 1.807) is 7.11 Å². The molecule has 0 aliphatic rings. The number of nitrogens with one attached hydrogen (secondary N) is 1. The molecular formula is C14H22N2O3. The van der Waals surface area contributed by atoms with Crippen LogP contribution in [0.4, 0.5) is 0 Å². The highest BCUT2D eigenvalue weighted by atomic mass is 16.5. The molecule has 0 saturated carbocycles. The number of hydrazine groups is 1. The summed E-state index contributed by atoms with van der Waals surface area (Å²) in [6, 6.07) is 7.63. The molecule has 5 heteroatoms. The van der Waals surface area contributed by atoms with Crippen molar-refractivity contribution in [3.8, 4) is 5.75 Å². The third-order valence-corrected chi connectivity index (χ3v) is 2.79. The molecular weight excluding hydrogens is 244 g/mol. The minimum absolute atomic E-state index is 0.0386. The first kappa shape index (κ1) is 15.5. The molecule has 0 heterocycles. The van der Waals surface area contributed by atoms with Crippen LogP contribution in [-0.2, 0) is 16.0 Å². The number of ether oxygens (including phenoxy) is 2. The highest BCUT2D eigenvalue weighted by Gasteiger charge is 2.23. The van der Waals surface area contributed by atoms with Gasteiger partial charge >= 0.3 is 0 Å². The fourth-order valence-corrected chi connectivity index (χ4v) is 1.68. The molecule has 1 unspecified atom stereocenters. The van der Waals surface area contributed by atoms with E-state index in [2.05, 4.69) is 5.43 Å². The zero-order chi connectivity index (χ0) is 14.3. The van der Waals surface area contributed by atoms with E-state index in [1.807, 2.05) is 38.1 Å². The van der Waals surface area contributed by atoms with Gasteiger partial charge in [0.25, 0.3) is 5.91 Å². The number of carbonyl (C=O) groups excluding carboxylic acids is 1. The second-order valence-corrected chi connectivity index (χ2v) is 4.68. The number of carbonyl (C=O) groups is 1. The Bertz CT molecular complexity index is 390. The second kappa shape index (κ2) is 7.76. The smallest absolute Gasteiger partial charge is 0.275 e. The van der Waals surface area contributed by atoms with Gasteiger partial charge in [-0.2, -0.15) is 0 Å².